The maximum absolute atomic E-state index is 2.52. The number of para-hydroxylation sites is 1. The minimum Gasteiger partial charge on any atom is -0.377 e. The molecule has 0 aliphatic rings. The number of hydrogen-bond acceptors (Lipinski definition) is 1. The molecule has 0 spiro atoms. The van der Waals surface area contributed by atoms with Gasteiger partial charge in [-0.25, -0.2) is 0 Å². The van der Waals surface area contributed by atoms with Gasteiger partial charge in [0.15, 0.2) is 0 Å². The Balaban J connectivity index is 1.76. The Morgan fingerprint density at radius 2 is 1.09 bits per heavy atom. The molecule has 0 saturated carbocycles. The molecule has 0 saturated heterocycles. The molecule has 0 aliphatic carbocycles. The Labute approximate surface area is 207 Å². The van der Waals surface area contributed by atoms with Crippen molar-refractivity contribution < 1.29 is 0 Å². The Morgan fingerprint density at radius 1 is 0.618 bits per heavy atom. The van der Waals surface area contributed by atoms with E-state index < -0.39 is 15.8 Å². The second kappa shape index (κ2) is 11.9. The van der Waals surface area contributed by atoms with E-state index in [1.54, 1.807) is 0 Å². The average molecular weight is 480 g/mol. The fraction of sp³-hybridized carbons (Fsp3) is 0.0968. The molecule has 0 amide bonds. The molecule has 0 aliphatic heterocycles. The van der Waals surface area contributed by atoms with Crippen LogP contribution in [0, 0.1) is 0 Å². The van der Waals surface area contributed by atoms with E-state index in [0.717, 1.165) is 0 Å². The smallest absolute Gasteiger partial charge is 0.0434 e. The molecule has 3 heteroatoms. The molecule has 1 nitrogen and oxygen atoms in total. The first-order chi connectivity index (χ1) is 16.6. The molecule has 4 aromatic rings. The lowest BCUT2D eigenvalue weighted by Gasteiger charge is -2.22. The van der Waals surface area contributed by atoms with Crippen LogP contribution in [0.2, 0.25) is 0 Å². The van der Waals surface area contributed by atoms with E-state index in [9.17, 15) is 0 Å². The maximum atomic E-state index is 2.52. The zero-order valence-corrected chi connectivity index (χ0v) is 21.8. The number of rotatable bonds is 8. The van der Waals surface area contributed by atoms with Gasteiger partial charge in [0, 0.05) is 19.8 Å². The molecule has 34 heavy (non-hydrogen) atoms. The monoisotopic (exact) mass is 479 g/mol. The van der Waals surface area contributed by atoms with Crippen LogP contribution in [0.1, 0.15) is 12.5 Å². The summed E-state index contributed by atoms with van der Waals surface area (Å²) in [5.41, 5.74) is 2.48. The molecule has 1 atom stereocenters. The van der Waals surface area contributed by atoms with Gasteiger partial charge < -0.3 is 4.90 Å². The van der Waals surface area contributed by atoms with Crippen LogP contribution in [0.4, 0.5) is 5.69 Å². The summed E-state index contributed by atoms with van der Waals surface area (Å²) in [7, 11) is 3.01. The van der Waals surface area contributed by atoms with Gasteiger partial charge in [-0.15, -0.1) is 0 Å². The van der Waals surface area contributed by atoms with Crippen LogP contribution in [-0.2, 0) is 0 Å². The van der Waals surface area contributed by atoms with Crippen molar-refractivity contribution in [1.82, 2.24) is 0 Å². The highest BCUT2D eigenvalue weighted by atomic mass is 31.1. The highest BCUT2D eigenvalue weighted by Gasteiger charge is 2.17. The molecule has 1 unspecified atom stereocenters. The summed E-state index contributed by atoms with van der Waals surface area (Å²) >= 11 is 0. The van der Waals surface area contributed by atoms with Crippen molar-refractivity contribution in [3.63, 3.8) is 0 Å². The molecule has 0 N–H and O–H groups in total. The molecule has 0 bridgehead atoms. The third kappa shape index (κ3) is 6.12. The van der Waals surface area contributed by atoms with Crippen LogP contribution >= 0.6 is 15.8 Å². The maximum Gasteiger partial charge on any atom is 0.0434 e. The van der Waals surface area contributed by atoms with E-state index in [1.165, 1.54) is 32.5 Å². The molecular formula is C31H31NP2. The summed E-state index contributed by atoms with van der Waals surface area (Å²) in [6, 6.07) is 41.4. The first kappa shape index (κ1) is 24.2. The molecule has 170 valence electrons. The van der Waals surface area contributed by atoms with E-state index in [-0.39, 0.29) is 0 Å². The molecule has 0 fully saturated rings. The second-order valence-corrected chi connectivity index (χ2v) is 12.6. The standard InChI is InChI=1S/C31H31NP2/c1-26(34(29-18-9-5-10-19-29)30-20-11-6-12-21-30)25-33(28-16-7-4-8-17-28)24-23-27-15-13-14-22-31(27)32(2)3/h4-25H,1-3H3/b24-23+,26-25+. The average Bonchev–Trinajstić information content (AvgIpc) is 2.88. The highest BCUT2D eigenvalue weighted by molar-refractivity contribution is 7.78. The van der Waals surface area contributed by atoms with Gasteiger partial charge in [0.05, 0.1) is 0 Å². The minimum absolute atomic E-state index is 0.581. The molecule has 0 radical (unpaired) electrons. The van der Waals surface area contributed by atoms with E-state index in [0.29, 0.717) is 0 Å². The number of allylic oxidation sites excluding steroid dienone is 1. The van der Waals surface area contributed by atoms with Crippen molar-refractivity contribution in [2.24, 2.45) is 0 Å². The molecule has 0 heterocycles. The summed E-state index contributed by atoms with van der Waals surface area (Å²) in [4.78, 5) is 2.18. The molecular weight excluding hydrogens is 448 g/mol. The summed E-state index contributed by atoms with van der Waals surface area (Å²) in [6.45, 7) is 2.31. The molecule has 0 aromatic heterocycles. The van der Waals surface area contributed by atoms with Gasteiger partial charge in [-0.2, -0.15) is 0 Å². The largest absolute Gasteiger partial charge is 0.377 e. The molecule has 4 rings (SSSR count). The van der Waals surface area contributed by atoms with E-state index >= 15 is 0 Å². The fourth-order valence-electron chi connectivity index (χ4n) is 3.97. The van der Waals surface area contributed by atoms with Gasteiger partial charge in [0.2, 0.25) is 0 Å². The Hall–Kier alpha value is -2.98. The predicted molar refractivity (Wildman–Crippen MR) is 156 cm³/mol. The van der Waals surface area contributed by atoms with Gasteiger partial charge in [0.25, 0.3) is 0 Å². The summed E-state index contributed by atoms with van der Waals surface area (Å²) < 4.78 is 0. The van der Waals surface area contributed by atoms with Crippen molar-refractivity contribution in [3.8, 4) is 0 Å². The Morgan fingerprint density at radius 3 is 1.62 bits per heavy atom. The zero-order valence-electron chi connectivity index (χ0n) is 20.0. The quantitative estimate of drug-likeness (QED) is 0.236. The zero-order chi connectivity index (χ0) is 23.8. The van der Waals surface area contributed by atoms with Gasteiger partial charge in [-0.3, -0.25) is 0 Å². The summed E-state index contributed by atoms with van der Waals surface area (Å²) in [5, 5.41) is 5.59. The SMILES string of the molecule is C/C(=C\P(/C=C/c1ccccc1N(C)C)c1ccccc1)P(c1ccccc1)c1ccccc1. The van der Waals surface area contributed by atoms with Gasteiger partial charge in [-0.1, -0.05) is 121 Å². The minimum atomic E-state index is -0.609. The van der Waals surface area contributed by atoms with Crippen molar-refractivity contribution in [2.75, 3.05) is 19.0 Å². The first-order valence-electron chi connectivity index (χ1n) is 11.5. The van der Waals surface area contributed by atoms with Crippen LogP contribution in [0.25, 0.3) is 6.08 Å². The first-order valence-corrected chi connectivity index (χ1v) is 14.3. The van der Waals surface area contributed by atoms with Gasteiger partial charge in [0.1, 0.15) is 0 Å². The van der Waals surface area contributed by atoms with Crippen LogP contribution in [-0.4, -0.2) is 14.1 Å². The van der Waals surface area contributed by atoms with Crippen LogP contribution in [0.3, 0.4) is 0 Å². The third-order valence-electron chi connectivity index (χ3n) is 5.60. The van der Waals surface area contributed by atoms with Crippen LogP contribution in [0.5, 0.6) is 0 Å². The Kier molecular flexibility index (Phi) is 8.48. The van der Waals surface area contributed by atoms with Crippen molar-refractivity contribution >= 4 is 43.5 Å². The lowest BCUT2D eigenvalue weighted by Crippen LogP contribution is -2.12. The number of anilines is 1. The van der Waals surface area contributed by atoms with E-state index in [2.05, 4.69) is 159 Å². The normalized spacial score (nSPS) is 12.8. The third-order valence-corrected chi connectivity index (χ3v) is 10.3. The van der Waals surface area contributed by atoms with E-state index in [4.69, 9.17) is 0 Å². The fourth-order valence-corrected chi connectivity index (χ4v) is 8.51. The molecule has 4 aromatic carbocycles. The van der Waals surface area contributed by atoms with Crippen LogP contribution in [0.15, 0.2) is 132 Å². The lowest BCUT2D eigenvalue weighted by molar-refractivity contribution is 1.13. The van der Waals surface area contributed by atoms with Crippen molar-refractivity contribution in [3.05, 3.63) is 138 Å². The van der Waals surface area contributed by atoms with Crippen molar-refractivity contribution in [1.29, 1.82) is 0 Å². The van der Waals surface area contributed by atoms with Gasteiger partial charge in [-0.05, 0) is 61.4 Å². The highest BCUT2D eigenvalue weighted by Crippen LogP contribution is 2.49. The Bertz CT molecular complexity index is 1190. The topological polar surface area (TPSA) is 3.24 Å². The van der Waals surface area contributed by atoms with Crippen LogP contribution < -0.4 is 20.8 Å². The predicted octanol–water partition coefficient (Wildman–Crippen LogP) is 7.52. The van der Waals surface area contributed by atoms with Gasteiger partial charge >= 0.3 is 0 Å². The lowest BCUT2D eigenvalue weighted by atomic mass is 10.1. The van der Waals surface area contributed by atoms with E-state index in [1.807, 2.05) is 0 Å². The number of nitrogens with zero attached hydrogens (tertiary/aromatic N) is 1. The number of benzene rings is 4. The van der Waals surface area contributed by atoms with Crippen molar-refractivity contribution in [2.45, 2.75) is 6.92 Å². The second-order valence-electron chi connectivity index (χ2n) is 8.29. The summed E-state index contributed by atoms with van der Waals surface area (Å²) in [5.74, 6) is 4.92. The summed E-state index contributed by atoms with van der Waals surface area (Å²) in [6.07, 6.45) is 2.30. The number of hydrogen-bond donors (Lipinski definition) is 0.